The van der Waals surface area contributed by atoms with Gasteiger partial charge in [0.25, 0.3) is 0 Å². The number of carbonyl (C=O) groups is 1. The van der Waals surface area contributed by atoms with Crippen LogP contribution >= 0.6 is 27.5 Å². The SMILES string of the molecule is C[C@@H](OC(=O)Nc1c(Br)ncn1C)c1ccccc1Cl. The number of carbonyl (C=O) groups excluding carboxylic acids is 1. The molecular weight excluding hydrogens is 346 g/mol. The Morgan fingerprint density at radius 2 is 2.20 bits per heavy atom. The number of anilines is 1. The molecule has 0 unspecified atom stereocenters. The molecule has 2 rings (SSSR count). The van der Waals surface area contributed by atoms with E-state index in [4.69, 9.17) is 16.3 Å². The zero-order valence-electron chi connectivity index (χ0n) is 10.9. The van der Waals surface area contributed by atoms with E-state index in [1.165, 1.54) is 0 Å². The Balaban J connectivity index is 2.04. The van der Waals surface area contributed by atoms with Gasteiger partial charge in [0.2, 0.25) is 0 Å². The highest BCUT2D eigenvalue weighted by atomic mass is 79.9. The van der Waals surface area contributed by atoms with Crippen LogP contribution in [-0.2, 0) is 11.8 Å². The quantitative estimate of drug-likeness (QED) is 0.897. The molecule has 7 heteroatoms. The lowest BCUT2D eigenvalue weighted by atomic mass is 10.1. The van der Waals surface area contributed by atoms with Crippen molar-refractivity contribution in [3.63, 3.8) is 0 Å². The third-order valence-corrected chi connectivity index (χ3v) is 3.66. The number of amides is 1. The number of nitrogens with one attached hydrogen (secondary N) is 1. The Labute approximate surface area is 130 Å². The summed E-state index contributed by atoms with van der Waals surface area (Å²) in [6.07, 6.45) is 0.564. The third-order valence-electron chi connectivity index (χ3n) is 2.74. The van der Waals surface area contributed by atoms with Gasteiger partial charge in [-0.05, 0) is 28.9 Å². The zero-order valence-corrected chi connectivity index (χ0v) is 13.3. The predicted octanol–water partition coefficient (Wildman–Crippen LogP) is 4.15. The van der Waals surface area contributed by atoms with E-state index in [2.05, 4.69) is 26.2 Å². The molecule has 0 bridgehead atoms. The first kappa shape index (κ1) is 14.9. The van der Waals surface area contributed by atoms with Gasteiger partial charge in [-0.1, -0.05) is 29.8 Å². The van der Waals surface area contributed by atoms with E-state index in [0.717, 1.165) is 5.56 Å². The highest BCUT2D eigenvalue weighted by Gasteiger charge is 2.16. The number of imidazole rings is 1. The van der Waals surface area contributed by atoms with Gasteiger partial charge in [0.15, 0.2) is 0 Å². The van der Waals surface area contributed by atoms with Gasteiger partial charge in [-0.2, -0.15) is 0 Å². The van der Waals surface area contributed by atoms with Gasteiger partial charge < -0.3 is 9.30 Å². The zero-order chi connectivity index (χ0) is 14.7. The van der Waals surface area contributed by atoms with Gasteiger partial charge in [0, 0.05) is 17.6 Å². The van der Waals surface area contributed by atoms with Gasteiger partial charge in [-0.25, -0.2) is 9.78 Å². The fourth-order valence-electron chi connectivity index (χ4n) is 1.70. The number of ether oxygens (including phenoxy) is 1. The molecule has 0 spiro atoms. The van der Waals surface area contributed by atoms with E-state index in [-0.39, 0.29) is 0 Å². The van der Waals surface area contributed by atoms with Crippen LogP contribution in [0.15, 0.2) is 35.2 Å². The van der Waals surface area contributed by atoms with Gasteiger partial charge in [0.1, 0.15) is 16.5 Å². The van der Waals surface area contributed by atoms with Crippen LogP contribution in [0.25, 0.3) is 0 Å². The number of hydrogen-bond donors (Lipinski definition) is 1. The van der Waals surface area contributed by atoms with Crippen molar-refractivity contribution in [2.75, 3.05) is 5.32 Å². The van der Waals surface area contributed by atoms with Crippen LogP contribution in [0.2, 0.25) is 5.02 Å². The third kappa shape index (κ3) is 3.32. The van der Waals surface area contributed by atoms with E-state index in [1.54, 1.807) is 30.9 Å². The summed E-state index contributed by atoms with van der Waals surface area (Å²) >= 11 is 9.31. The van der Waals surface area contributed by atoms with Crippen LogP contribution in [0.4, 0.5) is 10.6 Å². The Kier molecular flexibility index (Phi) is 4.67. The molecule has 0 saturated carbocycles. The van der Waals surface area contributed by atoms with Gasteiger partial charge in [-0.3, -0.25) is 5.32 Å². The molecule has 106 valence electrons. The van der Waals surface area contributed by atoms with E-state index >= 15 is 0 Å². The van der Waals surface area contributed by atoms with Crippen LogP contribution in [0.3, 0.4) is 0 Å². The number of nitrogens with zero attached hydrogens (tertiary/aromatic N) is 2. The summed E-state index contributed by atoms with van der Waals surface area (Å²) in [6, 6.07) is 7.24. The number of hydrogen-bond acceptors (Lipinski definition) is 3. The second kappa shape index (κ2) is 6.28. The smallest absolute Gasteiger partial charge is 0.413 e. The maximum Gasteiger partial charge on any atom is 0.413 e. The lowest BCUT2D eigenvalue weighted by Gasteiger charge is -2.15. The molecule has 0 fully saturated rings. The fourth-order valence-corrected chi connectivity index (χ4v) is 2.46. The van der Waals surface area contributed by atoms with Crippen molar-refractivity contribution < 1.29 is 9.53 Å². The van der Waals surface area contributed by atoms with Crippen molar-refractivity contribution in [3.8, 4) is 0 Å². The first-order chi connectivity index (χ1) is 9.49. The summed E-state index contributed by atoms with van der Waals surface area (Å²) in [5, 5.41) is 3.19. The largest absolute Gasteiger partial charge is 0.441 e. The van der Waals surface area contributed by atoms with E-state index in [0.29, 0.717) is 15.4 Å². The number of halogens is 2. The van der Waals surface area contributed by atoms with Gasteiger partial charge >= 0.3 is 6.09 Å². The summed E-state index contributed by atoms with van der Waals surface area (Å²) in [5.41, 5.74) is 0.758. The topological polar surface area (TPSA) is 56.1 Å². The molecule has 1 N–H and O–H groups in total. The molecule has 0 aliphatic rings. The Hall–Kier alpha value is -1.53. The molecule has 0 aliphatic heterocycles. The molecule has 1 heterocycles. The first-order valence-corrected chi connectivity index (χ1v) is 7.05. The minimum Gasteiger partial charge on any atom is -0.441 e. The molecule has 1 aromatic heterocycles. The molecular formula is C13H13BrClN3O2. The van der Waals surface area contributed by atoms with Gasteiger partial charge in [0.05, 0.1) is 6.33 Å². The molecule has 0 saturated heterocycles. The Bertz CT molecular complexity index is 610. The summed E-state index contributed by atoms with van der Waals surface area (Å²) in [7, 11) is 1.77. The van der Waals surface area contributed by atoms with Crippen molar-refractivity contribution >= 4 is 39.4 Å². The summed E-state index contributed by atoms with van der Waals surface area (Å²) < 4.78 is 7.52. The normalized spacial score (nSPS) is 12.0. The van der Waals surface area contributed by atoms with E-state index in [9.17, 15) is 4.79 Å². The summed E-state index contributed by atoms with van der Waals surface area (Å²) in [4.78, 5) is 15.9. The Morgan fingerprint density at radius 1 is 1.50 bits per heavy atom. The second-order valence-corrected chi connectivity index (χ2v) is 5.35. The molecule has 1 amide bonds. The molecule has 5 nitrogen and oxygen atoms in total. The second-order valence-electron chi connectivity index (χ2n) is 4.19. The summed E-state index contributed by atoms with van der Waals surface area (Å²) in [5.74, 6) is 0.529. The summed E-state index contributed by atoms with van der Waals surface area (Å²) in [6.45, 7) is 1.76. The van der Waals surface area contributed by atoms with Crippen molar-refractivity contribution in [2.24, 2.45) is 7.05 Å². The van der Waals surface area contributed by atoms with Crippen molar-refractivity contribution in [1.29, 1.82) is 0 Å². The van der Waals surface area contributed by atoms with E-state index in [1.807, 2.05) is 18.2 Å². The van der Waals surface area contributed by atoms with Crippen molar-refractivity contribution in [2.45, 2.75) is 13.0 Å². The van der Waals surface area contributed by atoms with Crippen molar-refractivity contribution in [1.82, 2.24) is 9.55 Å². The molecule has 1 aromatic carbocycles. The molecule has 2 aromatic rings. The van der Waals surface area contributed by atoms with E-state index < -0.39 is 12.2 Å². The predicted molar refractivity (Wildman–Crippen MR) is 80.9 cm³/mol. The highest BCUT2D eigenvalue weighted by molar-refractivity contribution is 9.10. The molecule has 20 heavy (non-hydrogen) atoms. The maximum absolute atomic E-state index is 11.9. The minimum atomic E-state index is -0.568. The van der Waals surface area contributed by atoms with Crippen LogP contribution in [-0.4, -0.2) is 15.6 Å². The average Bonchev–Trinajstić information content (AvgIpc) is 2.71. The lowest BCUT2D eigenvalue weighted by molar-refractivity contribution is 0.121. The maximum atomic E-state index is 11.9. The standard InChI is InChI=1S/C13H13BrClN3O2/c1-8(9-5-3-4-6-10(9)15)20-13(19)17-12-11(14)16-7-18(12)2/h3-8H,1-2H3,(H,17,19)/t8-/m1/s1. The van der Waals surface area contributed by atoms with Crippen LogP contribution in [0.1, 0.15) is 18.6 Å². The Morgan fingerprint density at radius 3 is 2.80 bits per heavy atom. The van der Waals surface area contributed by atoms with Crippen LogP contribution in [0.5, 0.6) is 0 Å². The number of benzene rings is 1. The minimum absolute atomic E-state index is 0.448. The lowest BCUT2D eigenvalue weighted by Crippen LogP contribution is -2.18. The van der Waals surface area contributed by atoms with Crippen molar-refractivity contribution in [3.05, 3.63) is 45.8 Å². The number of rotatable bonds is 3. The monoisotopic (exact) mass is 357 g/mol. The molecule has 0 aliphatic carbocycles. The highest BCUT2D eigenvalue weighted by Crippen LogP contribution is 2.26. The molecule has 1 atom stereocenters. The average molecular weight is 359 g/mol. The van der Waals surface area contributed by atoms with Crippen LogP contribution < -0.4 is 5.32 Å². The van der Waals surface area contributed by atoms with Crippen LogP contribution in [0, 0.1) is 0 Å². The first-order valence-electron chi connectivity index (χ1n) is 5.88. The number of aromatic nitrogens is 2. The molecule has 0 radical (unpaired) electrons. The fraction of sp³-hybridized carbons (Fsp3) is 0.231. The number of aryl methyl sites for hydroxylation is 1. The van der Waals surface area contributed by atoms with Gasteiger partial charge in [-0.15, -0.1) is 0 Å².